The zero-order valence-corrected chi connectivity index (χ0v) is 30.6. The van der Waals surface area contributed by atoms with E-state index < -0.39 is 56.9 Å². The van der Waals surface area contributed by atoms with Gasteiger partial charge in [-0.2, -0.15) is 13.2 Å². The molecule has 0 saturated heterocycles. The smallest absolute Gasteiger partial charge is 0.352 e. The minimum absolute atomic E-state index is 0.0388. The van der Waals surface area contributed by atoms with Crippen molar-refractivity contribution in [3.63, 3.8) is 0 Å². The first kappa shape index (κ1) is 38.5. The first-order valence-corrected chi connectivity index (χ1v) is 18.8. The monoisotopic (exact) mass is 779 g/mol. The maximum Gasteiger partial charge on any atom is 0.417 e. The van der Waals surface area contributed by atoms with Crippen LogP contribution in [0.3, 0.4) is 0 Å². The van der Waals surface area contributed by atoms with Crippen LogP contribution in [0.5, 0.6) is 0 Å². The molecule has 0 radical (unpaired) electrons. The van der Waals surface area contributed by atoms with Crippen molar-refractivity contribution in [2.45, 2.75) is 68.7 Å². The summed E-state index contributed by atoms with van der Waals surface area (Å²) in [5.74, 6) is -1.35. The highest BCUT2D eigenvalue weighted by Gasteiger charge is 2.38. The summed E-state index contributed by atoms with van der Waals surface area (Å²) in [6, 6.07) is 20.7. The fraction of sp³-hybridized carbons (Fsp3) is 0.297. The molecule has 4 aromatic rings. The molecule has 14 heteroatoms. The Bertz CT molecular complexity index is 1950. The molecule has 1 aliphatic carbocycles. The molecule has 0 bridgehead atoms. The number of hydrogen-bond acceptors (Lipinski definition) is 4. The highest BCUT2D eigenvalue weighted by molar-refractivity contribution is 7.92. The number of anilines is 1. The number of aryl methyl sites for hydroxylation is 1. The van der Waals surface area contributed by atoms with Crippen LogP contribution in [0.15, 0.2) is 95.9 Å². The first-order chi connectivity index (χ1) is 24.1. The fourth-order valence-corrected chi connectivity index (χ4v) is 8.17. The third-order valence-electron chi connectivity index (χ3n) is 8.79. The Morgan fingerprint density at radius 3 is 2.10 bits per heavy atom. The summed E-state index contributed by atoms with van der Waals surface area (Å²) in [7, 11) is -4.66. The van der Waals surface area contributed by atoms with E-state index in [1.54, 1.807) is 55.5 Å². The molecule has 2 amide bonds. The van der Waals surface area contributed by atoms with Gasteiger partial charge in [-0.15, -0.1) is 0 Å². The minimum Gasteiger partial charge on any atom is -0.352 e. The number of sulfonamides is 1. The molecule has 0 heterocycles. The number of amides is 2. The molecule has 270 valence electrons. The van der Waals surface area contributed by atoms with Crippen LogP contribution in [0.1, 0.15) is 47.9 Å². The van der Waals surface area contributed by atoms with Crippen LogP contribution in [0.2, 0.25) is 15.1 Å². The molecule has 1 unspecified atom stereocenters. The number of rotatable bonds is 12. The van der Waals surface area contributed by atoms with Gasteiger partial charge in [-0.25, -0.2) is 8.42 Å². The van der Waals surface area contributed by atoms with Gasteiger partial charge in [0.2, 0.25) is 11.8 Å². The SMILES string of the molecule is Cc1ccc(S(=O)(=O)N(CC(=O)N(Cc2c(Cl)cccc2Cl)C(Cc2ccccc2)C(=O)NC2CCCC2)c2ccc(Cl)c(C(F)(F)F)c2)cc1. The predicted molar refractivity (Wildman–Crippen MR) is 194 cm³/mol. The summed E-state index contributed by atoms with van der Waals surface area (Å²) in [6.07, 6.45) is -1.51. The Morgan fingerprint density at radius 1 is 0.863 bits per heavy atom. The van der Waals surface area contributed by atoms with Gasteiger partial charge in [0.1, 0.15) is 12.6 Å². The quantitative estimate of drug-likeness (QED) is 0.156. The molecule has 1 atom stereocenters. The Hall–Kier alpha value is -3.77. The predicted octanol–water partition coefficient (Wildman–Crippen LogP) is 8.87. The zero-order valence-electron chi connectivity index (χ0n) is 27.5. The average Bonchev–Trinajstić information content (AvgIpc) is 3.60. The van der Waals surface area contributed by atoms with Gasteiger partial charge in [0.05, 0.1) is 21.2 Å². The van der Waals surface area contributed by atoms with Crippen LogP contribution in [0, 0.1) is 6.92 Å². The van der Waals surface area contributed by atoms with E-state index >= 15 is 0 Å². The van der Waals surface area contributed by atoms with E-state index in [1.807, 2.05) is 0 Å². The van der Waals surface area contributed by atoms with Crippen LogP contribution in [-0.2, 0) is 38.8 Å². The van der Waals surface area contributed by atoms with Crippen molar-refractivity contribution in [2.24, 2.45) is 0 Å². The summed E-state index contributed by atoms with van der Waals surface area (Å²) in [4.78, 5) is 29.8. The summed E-state index contributed by atoms with van der Waals surface area (Å²) in [5.41, 5.74) is 0.0212. The number of carbonyl (C=O) groups is 2. The lowest BCUT2D eigenvalue weighted by molar-refractivity contribution is -0.140. The number of carbonyl (C=O) groups excluding carboxylic acids is 2. The molecule has 0 spiro atoms. The second-order valence-electron chi connectivity index (χ2n) is 12.4. The highest BCUT2D eigenvalue weighted by atomic mass is 35.5. The Morgan fingerprint density at radius 2 is 1.49 bits per heavy atom. The van der Waals surface area contributed by atoms with Gasteiger partial charge in [0.15, 0.2) is 0 Å². The van der Waals surface area contributed by atoms with E-state index in [1.165, 1.54) is 29.2 Å². The summed E-state index contributed by atoms with van der Waals surface area (Å²) in [5, 5.41) is 2.81. The number of nitrogens with one attached hydrogen (secondary N) is 1. The molecular formula is C37H35Cl3F3N3O4S. The second-order valence-corrected chi connectivity index (χ2v) is 15.5. The van der Waals surface area contributed by atoms with Crippen molar-refractivity contribution >= 4 is 62.3 Å². The number of halogens is 6. The van der Waals surface area contributed by atoms with Crippen LogP contribution < -0.4 is 9.62 Å². The second kappa shape index (κ2) is 16.3. The Kier molecular flexibility index (Phi) is 12.3. The van der Waals surface area contributed by atoms with E-state index in [9.17, 15) is 31.2 Å². The van der Waals surface area contributed by atoms with E-state index in [4.69, 9.17) is 34.8 Å². The molecule has 4 aromatic carbocycles. The van der Waals surface area contributed by atoms with Crippen molar-refractivity contribution in [3.8, 4) is 0 Å². The third-order valence-corrected chi connectivity index (χ3v) is 11.6. The maximum atomic E-state index is 14.7. The molecular weight excluding hydrogens is 746 g/mol. The largest absolute Gasteiger partial charge is 0.417 e. The number of benzene rings is 4. The third kappa shape index (κ3) is 9.37. The molecule has 1 N–H and O–H groups in total. The van der Waals surface area contributed by atoms with E-state index in [0.717, 1.165) is 43.4 Å². The topological polar surface area (TPSA) is 86.8 Å². The minimum atomic E-state index is -4.93. The van der Waals surface area contributed by atoms with Gasteiger partial charge in [0, 0.05) is 34.6 Å². The summed E-state index contributed by atoms with van der Waals surface area (Å²) in [6.45, 7) is 0.465. The first-order valence-electron chi connectivity index (χ1n) is 16.2. The van der Waals surface area contributed by atoms with Gasteiger partial charge in [-0.3, -0.25) is 13.9 Å². The lowest BCUT2D eigenvalue weighted by Crippen LogP contribution is -2.54. The van der Waals surface area contributed by atoms with E-state index in [2.05, 4.69) is 5.32 Å². The van der Waals surface area contributed by atoms with Crippen molar-refractivity contribution in [2.75, 3.05) is 10.8 Å². The molecule has 7 nitrogen and oxygen atoms in total. The lowest BCUT2D eigenvalue weighted by atomic mass is 10.0. The standard InChI is InChI=1S/C37H35Cl3F3N3O4S/c1-24-14-17-28(18-15-24)51(49,50)46(27-16-19-33(40)30(21-27)37(41,42)43)23-35(47)45(22-29-31(38)12-7-13-32(29)39)34(20-25-8-3-2-4-9-25)36(48)44-26-10-5-6-11-26/h2-4,7-9,12-19,21,26,34H,5-6,10-11,20,22-23H2,1H3,(H,44,48). The van der Waals surface area contributed by atoms with Crippen LogP contribution in [0.25, 0.3) is 0 Å². The van der Waals surface area contributed by atoms with Gasteiger partial charge < -0.3 is 10.2 Å². The molecule has 1 aliphatic rings. The molecule has 1 saturated carbocycles. The van der Waals surface area contributed by atoms with Crippen LogP contribution in [0.4, 0.5) is 18.9 Å². The summed E-state index contributed by atoms with van der Waals surface area (Å²) < 4.78 is 71.2. The Labute approximate surface area is 310 Å². The number of hydrogen-bond donors (Lipinski definition) is 1. The van der Waals surface area contributed by atoms with Gasteiger partial charge in [-0.1, -0.05) is 102 Å². The lowest BCUT2D eigenvalue weighted by Gasteiger charge is -2.35. The average molecular weight is 781 g/mol. The van der Waals surface area contributed by atoms with Crippen molar-refractivity contribution in [3.05, 3.63) is 128 Å². The molecule has 5 rings (SSSR count). The maximum absolute atomic E-state index is 14.7. The zero-order chi connectivity index (χ0) is 36.9. The van der Waals surface area contributed by atoms with E-state index in [0.29, 0.717) is 21.5 Å². The van der Waals surface area contributed by atoms with E-state index in [-0.39, 0.29) is 33.9 Å². The Balaban J connectivity index is 1.64. The van der Waals surface area contributed by atoms with Crippen molar-refractivity contribution in [1.29, 1.82) is 0 Å². The van der Waals surface area contributed by atoms with Gasteiger partial charge in [0.25, 0.3) is 10.0 Å². The molecule has 1 fully saturated rings. The summed E-state index contributed by atoms with van der Waals surface area (Å²) >= 11 is 19.0. The molecule has 51 heavy (non-hydrogen) atoms. The van der Waals surface area contributed by atoms with Gasteiger partial charge >= 0.3 is 6.18 Å². The fourth-order valence-electron chi connectivity index (χ4n) is 6.03. The van der Waals surface area contributed by atoms with Crippen molar-refractivity contribution < 1.29 is 31.2 Å². The van der Waals surface area contributed by atoms with Crippen LogP contribution in [-0.4, -0.2) is 43.8 Å². The normalized spacial score (nSPS) is 14.3. The highest BCUT2D eigenvalue weighted by Crippen LogP contribution is 2.38. The number of nitrogens with zero attached hydrogens (tertiary/aromatic N) is 2. The van der Waals surface area contributed by atoms with Gasteiger partial charge in [-0.05, 0) is 67.8 Å². The number of alkyl halides is 3. The van der Waals surface area contributed by atoms with Crippen molar-refractivity contribution in [1.82, 2.24) is 10.2 Å². The molecule has 0 aromatic heterocycles. The van der Waals surface area contributed by atoms with Crippen LogP contribution >= 0.6 is 34.8 Å². The molecule has 0 aliphatic heterocycles.